The summed E-state index contributed by atoms with van der Waals surface area (Å²) in [6.07, 6.45) is 2.73. The van der Waals surface area contributed by atoms with Crippen molar-refractivity contribution in [1.82, 2.24) is 0 Å². The van der Waals surface area contributed by atoms with E-state index in [-0.39, 0.29) is 11.8 Å². The van der Waals surface area contributed by atoms with Crippen LogP contribution in [0.15, 0.2) is 12.2 Å². The highest BCUT2D eigenvalue weighted by atomic mass is 16.3. The quantitative estimate of drug-likeness (QED) is 0.485. The molecule has 0 aromatic heterocycles. The molecule has 1 rings (SSSR count). The second kappa shape index (κ2) is 2.72. The highest BCUT2D eigenvalue weighted by Crippen LogP contribution is 2.22. The van der Waals surface area contributed by atoms with Gasteiger partial charge in [0.25, 0.3) is 0 Å². The van der Waals surface area contributed by atoms with Crippen LogP contribution in [0.5, 0.6) is 0 Å². The van der Waals surface area contributed by atoms with Gasteiger partial charge in [0, 0.05) is 11.8 Å². The molecule has 58 valence electrons. The minimum Gasteiger partial charge on any atom is -0.390 e. The third-order valence-corrected chi connectivity index (χ3v) is 2.15. The van der Waals surface area contributed by atoms with Gasteiger partial charge in [-0.05, 0) is 0 Å². The van der Waals surface area contributed by atoms with Gasteiger partial charge in [0.05, 0.1) is 12.2 Å². The summed E-state index contributed by atoms with van der Waals surface area (Å²) in [5, 5.41) is 18.6. The van der Waals surface area contributed by atoms with Gasteiger partial charge in [-0.1, -0.05) is 26.0 Å². The molecule has 1 aliphatic rings. The van der Waals surface area contributed by atoms with Gasteiger partial charge < -0.3 is 10.2 Å². The Morgan fingerprint density at radius 1 is 0.900 bits per heavy atom. The Morgan fingerprint density at radius 2 is 1.20 bits per heavy atom. The molecule has 10 heavy (non-hydrogen) atoms. The van der Waals surface area contributed by atoms with Gasteiger partial charge >= 0.3 is 0 Å². The predicted octanol–water partition coefficient (Wildman–Crippen LogP) is 0.550. The van der Waals surface area contributed by atoms with Crippen LogP contribution in [0.4, 0.5) is 0 Å². The molecule has 0 aliphatic heterocycles. The largest absolute Gasteiger partial charge is 0.390 e. The van der Waals surface area contributed by atoms with Gasteiger partial charge in [-0.25, -0.2) is 0 Å². The molecule has 0 saturated heterocycles. The Kier molecular flexibility index (Phi) is 2.11. The monoisotopic (exact) mass is 142 g/mol. The molecule has 4 atom stereocenters. The van der Waals surface area contributed by atoms with Crippen LogP contribution in [-0.4, -0.2) is 22.4 Å². The first-order valence-corrected chi connectivity index (χ1v) is 3.67. The molecule has 0 heterocycles. The van der Waals surface area contributed by atoms with Crippen LogP contribution >= 0.6 is 0 Å². The molecule has 1 aliphatic carbocycles. The van der Waals surface area contributed by atoms with Crippen molar-refractivity contribution in [3.63, 3.8) is 0 Å². The molecular formula is C8H14O2. The summed E-state index contributed by atoms with van der Waals surface area (Å²) in [4.78, 5) is 0. The molecule has 4 unspecified atom stereocenters. The second-order valence-corrected chi connectivity index (χ2v) is 3.08. The molecule has 0 spiro atoms. The van der Waals surface area contributed by atoms with Crippen molar-refractivity contribution in [1.29, 1.82) is 0 Å². The first-order chi connectivity index (χ1) is 4.63. The molecule has 2 N–H and O–H groups in total. The Labute approximate surface area is 61.2 Å². The minimum atomic E-state index is -0.583. The van der Waals surface area contributed by atoms with Crippen LogP contribution in [0.25, 0.3) is 0 Å². The summed E-state index contributed by atoms with van der Waals surface area (Å²) in [6.45, 7) is 3.80. The van der Waals surface area contributed by atoms with Gasteiger partial charge in [0.1, 0.15) is 0 Å². The van der Waals surface area contributed by atoms with Gasteiger partial charge in [-0.3, -0.25) is 0 Å². The van der Waals surface area contributed by atoms with E-state index in [2.05, 4.69) is 0 Å². The van der Waals surface area contributed by atoms with Crippen molar-refractivity contribution in [2.45, 2.75) is 26.1 Å². The van der Waals surface area contributed by atoms with Crippen LogP contribution in [0.1, 0.15) is 13.8 Å². The number of rotatable bonds is 0. The summed E-state index contributed by atoms with van der Waals surface area (Å²) in [5.74, 6) is 0.178. The van der Waals surface area contributed by atoms with E-state index in [1.54, 1.807) is 0 Å². The third-order valence-electron chi connectivity index (χ3n) is 2.15. The molecule has 0 aromatic rings. The van der Waals surface area contributed by atoms with E-state index in [0.717, 1.165) is 0 Å². The molecule has 0 radical (unpaired) electrons. The second-order valence-electron chi connectivity index (χ2n) is 3.08. The summed E-state index contributed by atoms with van der Waals surface area (Å²) in [7, 11) is 0. The fourth-order valence-corrected chi connectivity index (χ4v) is 1.20. The lowest BCUT2D eigenvalue weighted by molar-refractivity contribution is -0.0268. The number of aliphatic hydroxyl groups is 2. The summed E-state index contributed by atoms with van der Waals surface area (Å²) < 4.78 is 0. The van der Waals surface area contributed by atoms with Crippen LogP contribution in [-0.2, 0) is 0 Å². The van der Waals surface area contributed by atoms with Gasteiger partial charge in [-0.2, -0.15) is 0 Å². The SMILES string of the molecule is CC1C=CC(C)C(O)C1O. The smallest absolute Gasteiger partial charge is 0.0864 e. The number of hydrogen-bond donors (Lipinski definition) is 2. The molecule has 0 bridgehead atoms. The van der Waals surface area contributed by atoms with Crippen LogP contribution < -0.4 is 0 Å². The average Bonchev–Trinajstić information content (AvgIpc) is 1.93. The molecular weight excluding hydrogens is 128 g/mol. The summed E-state index contributed by atoms with van der Waals surface area (Å²) in [6, 6.07) is 0. The lowest BCUT2D eigenvalue weighted by Crippen LogP contribution is -2.38. The summed E-state index contributed by atoms with van der Waals surface area (Å²) >= 11 is 0. The maximum absolute atomic E-state index is 9.32. The first-order valence-electron chi connectivity index (χ1n) is 3.67. The van der Waals surface area contributed by atoms with Crippen molar-refractivity contribution in [3.8, 4) is 0 Å². The average molecular weight is 142 g/mol. The number of aliphatic hydroxyl groups excluding tert-OH is 2. The van der Waals surface area contributed by atoms with Crippen molar-refractivity contribution < 1.29 is 10.2 Å². The van der Waals surface area contributed by atoms with Gasteiger partial charge in [0.15, 0.2) is 0 Å². The molecule has 0 amide bonds. The van der Waals surface area contributed by atoms with E-state index in [4.69, 9.17) is 0 Å². The van der Waals surface area contributed by atoms with Crippen molar-refractivity contribution in [3.05, 3.63) is 12.2 Å². The van der Waals surface area contributed by atoms with Crippen molar-refractivity contribution in [2.24, 2.45) is 11.8 Å². The molecule has 0 saturated carbocycles. The fourth-order valence-electron chi connectivity index (χ4n) is 1.20. The summed E-state index contributed by atoms with van der Waals surface area (Å²) in [5.41, 5.74) is 0. The fraction of sp³-hybridized carbons (Fsp3) is 0.750. The molecule has 2 nitrogen and oxygen atoms in total. The zero-order valence-electron chi connectivity index (χ0n) is 6.36. The van der Waals surface area contributed by atoms with Crippen molar-refractivity contribution in [2.75, 3.05) is 0 Å². The lowest BCUT2D eigenvalue weighted by Gasteiger charge is -2.29. The van der Waals surface area contributed by atoms with E-state index >= 15 is 0 Å². The maximum atomic E-state index is 9.32. The molecule has 0 aromatic carbocycles. The van der Waals surface area contributed by atoms with E-state index in [1.807, 2.05) is 26.0 Å². The Hall–Kier alpha value is -0.340. The van der Waals surface area contributed by atoms with E-state index in [9.17, 15) is 10.2 Å². The van der Waals surface area contributed by atoms with Crippen molar-refractivity contribution >= 4 is 0 Å². The minimum absolute atomic E-state index is 0.0891. The first kappa shape index (κ1) is 7.76. The Morgan fingerprint density at radius 3 is 1.50 bits per heavy atom. The van der Waals surface area contributed by atoms with E-state index in [0.29, 0.717) is 0 Å². The highest BCUT2D eigenvalue weighted by molar-refractivity contribution is 5.03. The predicted molar refractivity (Wildman–Crippen MR) is 39.5 cm³/mol. The topological polar surface area (TPSA) is 40.5 Å². The zero-order valence-corrected chi connectivity index (χ0v) is 6.36. The van der Waals surface area contributed by atoms with E-state index < -0.39 is 12.2 Å². The zero-order chi connectivity index (χ0) is 7.72. The van der Waals surface area contributed by atoms with Crippen LogP contribution in [0.2, 0.25) is 0 Å². The van der Waals surface area contributed by atoms with Gasteiger partial charge in [0.2, 0.25) is 0 Å². The number of hydrogen-bond acceptors (Lipinski definition) is 2. The normalized spacial score (nSPS) is 47.6. The Bertz CT molecular complexity index is 126. The van der Waals surface area contributed by atoms with E-state index in [1.165, 1.54) is 0 Å². The highest BCUT2D eigenvalue weighted by Gasteiger charge is 2.28. The van der Waals surface area contributed by atoms with Crippen LogP contribution in [0, 0.1) is 11.8 Å². The third kappa shape index (κ3) is 1.22. The lowest BCUT2D eigenvalue weighted by atomic mass is 9.85. The van der Waals surface area contributed by atoms with Gasteiger partial charge in [-0.15, -0.1) is 0 Å². The molecule has 0 fully saturated rings. The standard InChI is InChI=1S/C8H14O2/c1-5-3-4-6(2)8(10)7(5)9/h3-10H,1-2H3. The molecule has 2 heteroatoms. The van der Waals surface area contributed by atoms with Crippen LogP contribution in [0.3, 0.4) is 0 Å². The Balaban J connectivity index is 2.69. The maximum Gasteiger partial charge on any atom is 0.0864 e.